The Hall–Kier alpha value is -0.570. The van der Waals surface area contributed by atoms with Crippen LogP contribution in [-0.2, 0) is 9.53 Å². The van der Waals surface area contributed by atoms with Crippen LogP contribution in [0.2, 0.25) is 0 Å². The first-order chi connectivity index (χ1) is 15.9. The Morgan fingerprint density at radius 1 is 1.03 bits per heavy atom. The van der Waals surface area contributed by atoms with E-state index in [0.717, 1.165) is 49.4 Å². The predicted molar refractivity (Wildman–Crippen MR) is 139 cm³/mol. The molecule has 0 aromatic carbocycles. The fraction of sp³-hybridized carbons (Fsp3) is 0.968. The summed E-state index contributed by atoms with van der Waals surface area (Å²) in [7, 11) is 0. The highest BCUT2D eigenvalue weighted by atomic mass is 16.5. The zero-order valence-corrected chi connectivity index (χ0v) is 23.4. The van der Waals surface area contributed by atoms with Gasteiger partial charge < -0.3 is 9.84 Å². The molecule has 196 valence electrons. The van der Waals surface area contributed by atoms with Crippen molar-refractivity contribution in [3.8, 4) is 0 Å². The van der Waals surface area contributed by atoms with E-state index in [1.54, 1.807) is 6.92 Å². The maximum atomic E-state index is 11.8. The van der Waals surface area contributed by atoms with Crippen molar-refractivity contribution in [1.29, 1.82) is 0 Å². The molecule has 10 atom stereocenters. The average molecular weight is 475 g/mol. The van der Waals surface area contributed by atoms with Crippen LogP contribution in [0, 0.1) is 52.3 Å². The second-order valence-corrected chi connectivity index (χ2v) is 14.1. The van der Waals surface area contributed by atoms with Gasteiger partial charge in [0.25, 0.3) is 0 Å². The molecule has 0 spiro atoms. The summed E-state index contributed by atoms with van der Waals surface area (Å²) in [5.74, 6) is 4.89. The third-order valence-corrected chi connectivity index (χ3v) is 12.2. The van der Waals surface area contributed by atoms with Crippen molar-refractivity contribution in [1.82, 2.24) is 0 Å². The van der Waals surface area contributed by atoms with Gasteiger partial charge in [-0.15, -0.1) is 0 Å². The summed E-state index contributed by atoms with van der Waals surface area (Å²) < 4.78 is 5.65. The van der Waals surface area contributed by atoms with Gasteiger partial charge in [-0.05, 0) is 130 Å². The summed E-state index contributed by atoms with van der Waals surface area (Å²) in [6, 6.07) is 0. The molecule has 4 aliphatic rings. The SMILES string of the molecule is CC[C@H](CC[C@](C)(O)[C@H]1CC[C@H]2[C@@H]3CC[C@H]4C[C@@H](OC(C)=O)CC[C@]4(C)[C@H]3CC[C@@]21C)C(C)C. The highest BCUT2D eigenvalue weighted by molar-refractivity contribution is 5.66. The number of aliphatic hydroxyl groups is 1. The molecule has 4 rings (SSSR count). The smallest absolute Gasteiger partial charge is 0.302 e. The van der Waals surface area contributed by atoms with Gasteiger partial charge in [0.05, 0.1) is 5.60 Å². The van der Waals surface area contributed by atoms with Crippen molar-refractivity contribution in [2.24, 2.45) is 52.3 Å². The molecule has 0 aromatic heterocycles. The topological polar surface area (TPSA) is 46.5 Å². The lowest BCUT2D eigenvalue weighted by Gasteiger charge is -2.61. The van der Waals surface area contributed by atoms with Gasteiger partial charge >= 0.3 is 5.97 Å². The highest BCUT2D eigenvalue weighted by Crippen LogP contribution is 2.68. The Morgan fingerprint density at radius 3 is 2.35 bits per heavy atom. The van der Waals surface area contributed by atoms with Gasteiger partial charge in [0.1, 0.15) is 6.10 Å². The van der Waals surface area contributed by atoms with Gasteiger partial charge in [-0.25, -0.2) is 0 Å². The number of ether oxygens (including phenoxy) is 1. The second-order valence-electron chi connectivity index (χ2n) is 14.1. The Morgan fingerprint density at radius 2 is 1.71 bits per heavy atom. The highest BCUT2D eigenvalue weighted by Gasteiger charge is 2.62. The minimum atomic E-state index is -0.540. The number of hydrogen-bond acceptors (Lipinski definition) is 3. The molecule has 3 nitrogen and oxygen atoms in total. The van der Waals surface area contributed by atoms with Crippen LogP contribution in [0.4, 0.5) is 0 Å². The third-order valence-electron chi connectivity index (χ3n) is 12.2. The lowest BCUT2D eigenvalue weighted by Crippen LogP contribution is -2.55. The van der Waals surface area contributed by atoms with Crippen LogP contribution in [0.3, 0.4) is 0 Å². The Balaban J connectivity index is 1.46. The van der Waals surface area contributed by atoms with Crippen molar-refractivity contribution in [3.63, 3.8) is 0 Å². The monoisotopic (exact) mass is 474 g/mol. The standard InChI is InChI=1S/C31H54O3/c1-8-22(20(2)3)13-18-31(7,33)28-12-11-26-25-10-9-23-19-24(34-21(4)32)14-16-29(23,5)27(25)15-17-30(26,28)6/h20,22-28,33H,8-19H2,1-7H3/t22-,23+,24+,25+,26+,27+,28+,29+,30+,31+/m1/s1. The number of esters is 1. The summed E-state index contributed by atoms with van der Waals surface area (Å²) >= 11 is 0. The summed E-state index contributed by atoms with van der Waals surface area (Å²) in [5, 5.41) is 11.8. The van der Waals surface area contributed by atoms with Crippen LogP contribution in [0.1, 0.15) is 126 Å². The molecule has 0 aliphatic heterocycles. The summed E-state index contributed by atoms with van der Waals surface area (Å²) in [6.45, 7) is 15.9. The first-order valence-electron chi connectivity index (χ1n) is 14.8. The molecule has 1 N–H and O–H groups in total. The van der Waals surface area contributed by atoms with Crippen LogP contribution >= 0.6 is 0 Å². The molecule has 0 amide bonds. The lowest BCUT2D eigenvalue weighted by atomic mass is 9.44. The van der Waals surface area contributed by atoms with Crippen molar-refractivity contribution in [2.45, 2.75) is 137 Å². The maximum Gasteiger partial charge on any atom is 0.302 e. The summed E-state index contributed by atoms with van der Waals surface area (Å²) in [4.78, 5) is 11.5. The first-order valence-corrected chi connectivity index (χ1v) is 14.8. The number of fused-ring (bicyclic) bond motifs is 5. The van der Waals surface area contributed by atoms with Crippen LogP contribution < -0.4 is 0 Å². The van der Waals surface area contributed by atoms with Crippen molar-refractivity contribution < 1.29 is 14.6 Å². The molecule has 34 heavy (non-hydrogen) atoms. The molecule has 3 heteroatoms. The van der Waals surface area contributed by atoms with Gasteiger partial charge in [0.2, 0.25) is 0 Å². The van der Waals surface area contributed by atoms with Crippen LogP contribution in [0.15, 0.2) is 0 Å². The molecule has 0 aromatic rings. The van der Waals surface area contributed by atoms with E-state index in [1.807, 2.05) is 0 Å². The normalized spacial score (nSPS) is 44.5. The average Bonchev–Trinajstić information content (AvgIpc) is 3.12. The van der Waals surface area contributed by atoms with Gasteiger partial charge in [-0.2, -0.15) is 0 Å². The van der Waals surface area contributed by atoms with Crippen molar-refractivity contribution >= 4 is 5.97 Å². The minimum Gasteiger partial charge on any atom is -0.463 e. The number of hydrogen-bond donors (Lipinski definition) is 1. The summed E-state index contributed by atoms with van der Waals surface area (Å²) in [5.41, 5.74) is 0.164. The molecular weight excluding hydrogens is 420 g/mol. The second kappa shape index (κ2) is 9.71. The number of carbonyl (C=O) groups excluding carboxylic acids is 1. The molecule has 0 saturated heterocycles. The molecule has 4 fully saturated rings. The molecule has 0 heterocycles. The molecule has 0 unspecified atom stereocenters. The fourth-order valence-corrected chi connectivity index (χ4v) is 10.2. The van der Waals surface area contributed by atoms with E-state index < -0.39 is 5.60 Å². The lowest BCUT2D eigenvalue weighted by molar-refractivity contribution is -0.164. The zero-order valence-electron chi connectivity index (χ0n) is 23.4. The molecule has 4 aliphatic carbocycles. The first kappa shape index (κ1) is 26.5. The molecule has 0 radical (unpaired) electrons. The van der Waals surface area contributed by atoms with E-state index in [0.29, 0.717) is 28.6 Å². The third kappa shape index (κ3) is 4.61. The number of rotatable bonds is 7. The Labute approximate surface area is 210 Å². The van der Waals surface area contributed by atoms with Crippen molar-refractivity contribution in [2.75, 3.05) is 0 Å². The van der Waals surface area contributed by atoms with E-state index >= 15 is 0 Å². The van der Waals surface area contributed by atoms with E-state index in [2.05, 4.69) is 41.5 Å². The molecule has 4 saturated carbocycles. The van der Waals surface area contributed by atoms with Crippen LogP contribution in [0.5, 0.6) is 0 Å². The maximum absolute atomic E-state index is 11.8. The van der Waals surface area contributed by atoms with E-state index in [1.165, 1.54) is 51.4 Å². The van der Waals surface area contributed by atoms with Gasteiger partial charge in [0.15, 0.2) is 0 Å². The molecule has 0 bridgehead atoms. The Bertz CT molecular complexity index is 728. The number of carbonyl (C=O) groups is 1. The largest absolute Gasteiger partial charge is 0.463 e. The van der Waals surface area contributed by atoms with E-state index in [4.69, 9.17) is 4.74 Å². The fourth-order valence-electron chi connectivity index (χ4n) is 10.2. The van der Waals surface area contributed by atoms with Gasteiger partial charge in [-0.1, -0.05) is 41.0 Å². The van der Waals surface area contributed by atoms with Gasteiger partial charge in [0, 0.05) is 6.92 Å². The zero-order chi connectivity index (χ0) is 24.9. The quantitative estimate of drug-likeness (QED) is 0.383. The Kier molecular flexibility index (Phi) is 7.57. The van der Waals surface area contributed by atoms with E-state index in [9.17, 15) is 9.90 Å². The van der Waals surface area contributed by atoms with Gasteiger partial charge in [-0.3, -0.25) is 4.79 Å². The van der Waals surface area contributed by atoms with Crippen LogP contribution in [0.25, 0.3) is 0 Å². The van der Waals surface area contributed by atoms with Crippen molar-refractivity contribution in [3.05, 3.63) is 0 Å². The van der Waals surface area contributed by atoms with Crippen LogP contribution in [-0.4, -0.2) is 22.8 Å². The predicted octanol–water partition coefficient (Wildman–Crippen LogP) is 7.79. The minimum absolute atomic E-state index is 0.113. The molecular formula is C31H54O3. The summed E-state index contributed by atoms with van der Waals surface area (Å²) in [6.07, 6.45) is 14.6. The van der Waals surface area contributed by atoms with E-state index in [-0.39, 0.29) is 12.1 Å².